The molecule has 112 valence electrons. The predicted octanol–water partition coefficient (Wildman–Crippen LogP) is 1.30. The fourth-order valence-corrected chi connectivity index (χ4v) is 1.88. The molecule has 8 nitrogen and oxygen atoms in total. The molecule has 0 saturated carbocycles. The van der Waals surface area contributed by atoms with Gasteiger partial charge in [-0.05, 0) is 5.56 Å². The van der Waals surface area contributed by atoms with Crippen LogP contribution in [0.25, 0.3) is 11.2 Å². The Kier molecular flexibility index (Phi) is 3.57. The first-order valence-corrected chi connectivity index (χ1v) is 6.45. The number of carbonyl (C=O) groups excluding carboxylic acids is 1. The Morgan fingerprint density at radius 2 is 2.00 bits per heavy atom. The maximum absolute atomic E-state index is 12.0. The van der Waals surface area contributed by atoms with Gasteiger partial charge in [-0.1, -0.05) is 30.3 Å². The van der Waals surface area contributed by atoms with E-state index >= 15 is 0 Å². The zero-order valence-corrected chi connectivity index (χ0v) is 11.7. The molecular formula is C14H13N5O3. The Balaban J connectivity index is 1.81. The van der Waals surface area contributed by atoms with E-state index in [4.69, 9.17) is 15.2 Å². The summed E-state index contributed by atoms with van der Waals surface area (Å²) in [6.07, 6.45) is 0. The van der Waals surface area contributed by atoms with Crippen LogP contribution in [0, 0.1) is 0 Å². The number of anilines is 1. The molecule has 0 unspecified atom stereocenters. The van der Waals surface area contributed by atoms with Crippen molar-refractivity contribution in [2.24, 2.45) is 0 Å². The summed E-state index contributed by atoms with van der Waals surface area (Å²) >= 11 is 0. The van der Waals surface area contributed by atoms with E-state index in [1.54, 1.807) is 0 Å². The van der Waals surface area contributed by atoms with Crippen molar-refractivity contribution in [3.63, 3.8) is 0 Å². The number of methoxy groups -OCH3 is 1. The summed E-state index contributed by atoms with van der Waals surface area (Å²) in [5, 5.41) is 0. The molecule has 2 aromatic heterocycles. The second-order valence-electron chi connectivity index (χ2n) is 4.44. The van der Waals surface area contributed by atoms with E-state index < -0.39 is 5.97 Å². The minimum Gasteiger partial charge on any atom is -0.468 e. The van der Waals surface area contributed by atoms with Crippen molar-refractivity contribution in [2.75, 3.05) is 12.8 Å². The number of imidazole rings is 1. The van der Waals surface area contributed by atoms with Gasteiger partial charge < -0.3 is 15.2 Å². The molecule has 0 saturated heterocycles. The first-order chi connectivity index (χ1) is 10.7. The molecule has 8 heteroatoms. The first kappa shape index (κ1) is 13.8. The van der Waals surface area contributed by atoms with Crippen LogP contribution >= 0.6 is 0 Å². The lowest BCUT2D eigenvalue weighted by atomic mass is 10.2. The van der Waals surface area contributed by atoms with Crippen LogP contribution in [0.1, 0.15) is 16.2 Å². The molecule has 0 radical (unpaired) electrons. The van der Waals surface area contributed by atoms with Crippen molar-refractivity contribution < 1.29 is 14.3 Å². The van der Waals surface area contributed by atoms with Crippen molar-refractivity contribution in [3.05, 3.63) is 41.7 Å². The number of aromatic nitrogens is 4. The summed E-state index contributed by atoms with van der Waals surface area (Å²) in [7, 11) is 1.45. The smallest absolute Gasteiger partial charge is 0.376 e. The van der Waals surface area contributed by atoms with Crippen LogP contribution in [-0.4, -0.2) is 33.0 Å². The quantitative estimate of drug-likeness (QED) is 0.697. The second-order valence-corrected chi connectivity index (χ2v) is 4.44. The standard InChI is InChI=1S/C14H13N5O3/c1-21-14-16-9-10(15)17-12(18-11(9)19-14)13(20)22-7-8-5-3-2-4-6-8/h2-6H,7H2,1H3,(H3,15,16,17,18,19). The minimum atomic E-state index is -0.661. The first-order valence-electron chi connectivity index (χ1n) is 6.45. The average Bonchev–Trinajstić information content (AvgIpc) is 2.97. The number of nitrogens with two attached hydrogens (primary N) is 1. The highest BCUT2D eigenvalue weighted by Crippen LogP contribution is 2.18. The van der Waals surface area contributed by atoms with E-state index in [0.717, 1.165) is 5.56 Å². The Labute approximate surface area is 125 Å². The molecule has 3 rings (SSSR count). The van der Waals surface area contributed by atoms with Crippen molar-refractivity contribution in [3.8, 4) is 6.01 Å². The Morgan fingerprint density at radius 1 is 1.23 bits per heavy atom. The highest BCUT2D eigenvalue weighted by molar-refractivity contribution is 5.90. The molecule has 3 aromatic rings. The maximum atomic E-state index is 12.0. The molecule has 0 aliphatic carbocycles. The van der Waals surface area contributed by atoms with E-state index in [1.165, 1.54) is 7.11 Å². The van der Waals surface area contributed by atoms with Crippen molar-refractivity contribution in [2.45, 2.75) is 6.61 Å². The normalized spacial score (nSPS) is 10.6. The summed E-state index contributed by atoms with van der Waals surface area (Å²) in [5.41, 5.74) is 7.30. The predicted molar refractivity (Wildman–Crippen MR) is 78.2 cm³/mol. The molecular weight excluding hydrogens is 286 g/mol. The van der Waals surface area contributed by atoms with E-state index in [-0.39, 0.29) is 24.3 Å². The number of hydrogen-bond acceptors (Lipinski definition) is 7. The van der Waals surface area contributed by atoms with E-state index in [0.29, 0.717) is 11.2 Å². The zero-order valence-electron chi connectivity index (χ0n) is 11.7. The monoisotopic (exact) mass is 299 g/mol. The van der Waals surface area contributed by atoms with Gasteiger partial charge in [0.2, 0.25) is 5.82 Å². The van der Waals surface area contributed by atoms with Gasteiger partial charge in [0.15, 0.2) is 17.0 Å². The lowest BCUT2D eigenvalue weighted by molar-refractivity contribution is 0.0459. The number of esters is 1. The number of nitrogens with zero attached hydrogens (tertiary/aromatic N) is 3. The van der Waals surface area contributed by atoms with Gasteiger partial charge in [0, 0.05) is 0 Å². The van der Waals surface area contributed by atoms with Gasteiger partial charge in [-0.3, -0.25) is 4.98 Å². The number of rotatable bonds is 4. The number of H-pyrrole nitrogens is 1. The van der Waals surface area contributed by atoms with Gasteiger partial charge >= 0.3 is 5.97 Å². The molecule has 0 amide bonds. The van der Waals surface area contributed by atoms with Gasteiger partial charge in [0.25, 0.3) is 6.01 Å². The number of carbonyl (C=O) groups is 1. The summed E-state index contributed by atoms with van der Waals surface area (Å²) in [4.78, 5) is 26.8. The number of benzene rings is 1. The zero-order chi connectivity index (χ0) is 15.5. The molecule has 0 spiro atoms. The Hall–Kier alpha value is -3.16. The third-order valence-corrected chi connectivity index (χ3v) is 2.94. The molecule has 0 atom stereocenters. The molecule has 0 aliphatic rings. The second kappa shape index (κ2) is 5.68. The van der Waals surface area contributed by atoms with Gasteiger partial charge in [-0.2, -0.15) is 4.98 Å². The van der Waals surface area contributed by atoms with Crippen LogP contribution in [-0.2, 0) is 11.3 Å². The number of aromatic amines is 1. The molecule has 0 aliphatic heterocycles. The lowest BCUT2D eigenvalue weighted by Crippen LogP contribution is -2.11. The van der Waals surface area contributed by atoms with Gasteiger partial charge in [0.05, 0.1) is 7.11 Å². The molecule has 1 aromatic carbocycles. The molecule has 0 fully saturated rings. The number of ether oxygens (including phenoxy) is 2. The fourth-order valence-electron chi connectivity index (χ4n) is 1.88. The highest BCUT2D eigenvalue weighted by Gasteiger charge is 2.17. The highest BCUT2D eigenvalue weighted by atomic mass is 16.5. The van der Waals surface area contributed by atoms with Crippen LogP contribution in [0.5, 0.6) is 6.01 Å². The Morgan fingerprint density at radius 3 is 2.73 bits per heavy atom. The average molecular weight is 299 g/mol. The van der Waals surface area contributed by atoms with Crippen molar-refractivity contribution in [1.29, 1.82) is 0 Å². The van der Waals surface area contributed by atoms with Crippen LogP contribution in [0.2, 0.25) is 0 Å². The van der Waals surface area contributed by atoms with Crippen molar-refractivity contribution in [1.82, 2.24) is 19.9 Å². The van der Waals surface area contributed by atoms with Crippen LogP contribution in [0.4, 0.5) is 5.82 Å². The summed E-state index contributed by atoms with van der Waals surface area (Å²) < 4.78 is 10.1. The lowest BCUT2D eigenvalue weighted by Gasteiger charge is -2.04. The van der Waals surface area contributed by atoms with E-state index in [1.807, 2.05) is 30.3 Å². The molecule has 2 heterocycles. The topological polar surface area (TPSA) is 116 Å². The molecule has 22 heavy (non-hydrogen) atoms. The number of fused-ring (bicyclic) bond motifs is 1. The Bertz CT molecular complexity index is 816. The van der Waals surface area contributed by atoms with Crippen LogP contribution in [0.3, 0.4) is 0 Å². The van der Waals surface area contributed by atoms with Gasteiger partial charge in [-0.25, -0.2) is 14.8 Å². The van der Waals surface area contributed by atoms with Gasteiger partial charge in [-0.15, -0.1) is 0 Å². The number of nitrogens with one attached hydrogen (secondary N) is 1. The van der Waals surface area contributed by atoms with Crippen molar-refractivity contribution >= 4 is 23.0 Å². The maximum Gasteiger partial charge on any atom is 0.376 e. The summed E-state index contributed by atoms with van der Waals surface area (Å²) in [6, 6.07) is 9.55. The molecule has 0 bridgehead atoms. The summed E-state index contributed by atoms with van der Waals surface area (Å²) in [6.45, 7) is 0.132. The van der Waals surface area contributed by atoms with E-state index in [2.05, 4.69) is 19.9 Å². The fraction of sp³-hybridized carbons (Fsp3) is 0.143. The summed E-state index contributed by atoms with van der Waals surface area (Å²) in [5.74, 6) is -0.713. The number of nitrogen functional groups attached to an aromatic ring is 1. The third-order valence-electron chi connectivity index (χ3n) is 2.94. The number of hydrogen-bond donors (Lipinski definition) is 2. The SMILES string of the molecule is COc1nc2c(N)nc(C(=O)OCc3ccccc3)nc2[nH]1. The molecule has 3 N–H and O–H groups in total. The largest absolute Gasteiger partial charge is 0.468 e. The van der Waals surface area contributed by atoms with Crippen LogP contribution < -0.4 is 10.5 Å². The third kappa shape index (κ3) is 2.66. The minimum absolute atomic E-state index is 0.0798. The van der Waals surface area contributed by atoms with Crippen LogP contribution in [0.15, 0.2) is 30.3 Å². The van der Waals surface area contributed by atoms with E-state index in [9.17, 15) is 4.79 Å². The van der Waals surface area contributed by atoms with Gasteiger partial charge in [0.1, 0.15) is 6.61 Å².